The van der Waals surface area contributed by atoms with Gasteiger partial charge in [-0.2, -0.15) is 17.6 Å². The summed E-state index contributed by atoms with van der Waals surface area (Å²) in [6.07, 6.45) is -5.28. The first-order chi connectivity index (χ1) is 15.8. The van der Waals surface area contributed by atoms with Gasteiger partial charge in [-0.25, -0.2) is 15.0 Å². The van der Waals surface area contributed by atoms with Gasteiger partial charge in [-0.1, -0.05) is 0 Å². The highest BCUT2D eigenvalue weighted by Crippen LogP contribution is 2.85. The van der Waals surface area contributed by atoms with Gasteiger partial charge in [0.1, 0.15) is 30.2 Å². The Morgan fingerprint density at radius 2 is 1.63 bits per heavy atom. The maximum Gasteiger partial charge on any atom is 0.424 e. The third kappa shape index (κ3) is 4.32. The molecule has 198 valence electrons. The van der Waals surface area contributed by atoms with Gasteiger partial charge in [-0.15, -0.1) is 0 Å². The van der Waals surface area contributed by atoms with E-state index < -0.39 is 64.5 Å². The molecule has 2 unspecified atom stereocenters. The summed E-state index contributed by atoms with van der Waals surface area (Å²) in [5, 5.41) is 7.76. The molecule has 1 aliphatic rings. The van der Waals surface area contributed by atoms with Gasteiger partial charge in [0.15, 0.2) is 17.7 Å². The summed E-state index contributed by atoms with van der Waals surface area (Å²) in [5.41, 5.74) is 5.64. The fraction of sp³-hybridized carbons (Fsp3) is 0.583. The van der Waals surface area contributed by atoms with Crippen LogP contribution in [-0.2, 0) is 23.0 Å². The predicted octanol–water partition coefficient (Wildman–Crippen LogP) is -0.222. The van der Waals surface area contributed by atoms with Crippen LogP contribution in [0.4, 0.5) is 23.4 Å². The number of nitrogens with zero attached hydrogens (tertiary/aromatic N) is 4. The molecule has 0 radical (unpaired) electrons. The summed E-state index contributed by atoms with van der Waals surface area (Å²) >= 11 is 0. The van der Waals surface area contributed by atoms with E-state index in [1.54, 1.807) is 0 Å². The van der Waals surface area contributed by atoms with E-state index in [2.05, 4.69) is 19.5 Å². The molecule has 0 aromatic carbocycles. The lowest BCUT2D eigenvalue weighted by Crippen LogP contribution is -2.35. The Balaban J connectivity index is 1.82. The maximum atomic E-state index is 14.2. The van der Waals surface area contributed by atoms with Gasteiger partial charge in [0.2, 0.25) is 0 Å². The largest absolute Gasteiger partial charge is 0.424 e. The first kappa shape index (κ1) is 28.0. The Bertz CT molecular complexity index is 1270. The summed E-state index contributed by atoms with van der Waals surface area (Å²) in [5.74, 6) is -0.0781. The number of ether oxygens (including phenoxy) is 1. The molecule has 3 rings (SSSR count). The molecular weight excluding hydrogens is 559 g/mol. The fourth-order valence-corrected chi connectivity index (χ4v) is 7.69. The van der Waals surface area contributed by atoms with E-state index in [0.717, 1.165) is 17.2 Å². The summed E-state index contributed by atoms with van der Waals surface area (Å²) in [4.78, 5) is 46.9. The van der Waals surface area contributed by atoms with Crippen LogP contribution in [0.25, 0.3) is 11.2 Å². The molecule has 0 bridgehead atoms. The SMILES string of the molecule is Nc1ncnc2c1ncn2[C@@H]1O[C@@H](COP(=O)(O)C(F)(F)P(=O)(O)C(F)(F)P(=O)(O)O)[C@H](O)[C@@H]1O. The lowest BCUT2D eigenvalue weighted by Gasteiger charge is -2.31. The monoisotopic (exact) mass is 575 g/mol. The number of rotatable bonds is 8. The minimum atomic E-state index is -7.77. The van der Waals surface area contributed by atoms with E-state index in [4.69, 9.17) is 25.2 Å². The molecule has 8 N–H and O–H groups in total. The van der Waals surface area contributed by atoms with Gasteiger partial charge < -0.3 is 44.8 Å². The molecule has 1 saturated heterocycles. The quantitative estimate of drug-likeness (QED) is 0.158. The summed E-state index contributed by atoms with van der Waals surface area (Å²) in [7, 11) is -21.7. The van der Waals surface area contributed by atoms with Crippen molar-refractivity contribution < 1.29 is 70.3 Å². The van der Waals surface area contributed by atoms with Crippen molar-refractivity contribution in [3.63, 3.8) is 0 Å². The molecule has 1 aliphatic heterocycles. The predicted molar refractivity (Wildman–Crippen MR) is 103 cm³/mol. The molecule has 23 heteroatoms. The summed E-state index contributed by atoms with van der Waals surface area (Å²) in [6.45, 7) is -1.54. The third-order valence-corrected chi connectivity index (χ3v) is 11.3. The van der Waals surface area contributed by atoms with E-state index in [1.165, 1.54) is 0 Å². The van der Waals surface area contributed by atoms with Crippen LogP contribution in [0.2, 0.25) is 0 Å². The van der Waals surface area contributed by atoms with Crippen molar-refractivity contribution in [2.45, 2.75) is 35.3 Å². The van der Waals surface area contributed by atoms with Crippen LogP contribution < -0.4 is 5.73 Å². The Labute approximate surface area is 190 Å². The first-order valence-electron chi connectivity index (χ1n) is 8.84. The number of imidazole rings is 1. The highest BCUT2D eigenvalue weighted by atomic mass is 31.3. The second-order valence-corrected chi connectivity index (χ2v) is 13.6. The molecule has 0 aliphatic carbocycles. The third-order valence-electron chi connectivity index (χ3n) is 4.83. The number of aromatic nitrogens is 4. The lowest BCUT2D eigenvalue weighted by molar-refractivity contribution is -0.0507. The van der Waals surface area contributed by atoms with Crippen molar-refractivity contribution in [1.82, 2.24) is 19.5 Å². The number of aliphatic hydroxyl groups excluding tert-OH is 2. The molecular formula is C12H16F4N5O11P3. The molecule has 2 aromatic rings. The highest BCUT2D eigenvalue weighted by Gasteiger charge is 2.79. The molecule has 3 heterocycles. The fourth-order valence-electron chi connectivity index (χ4n) is 2.91. The maximum absolute atomic E-state index is 14.2. The molecule has 1 fully saturated rings. The van der Waals surface area contributed by atoms with Crippen LogP contribution in [0.1, 0.15) is 6.23 Å². The Hall–Kier alpha value is -1.56. The van der Waals surface area contributed by atoms with Crippen LogP contribution in [0.5, 0.6) is 0 Å². The number of alkyl halides is 4. The molecule has 35 heavy (non-hydrogen) atoms. The second-order valence-electron chi connectivity index (χ2n) is 7.08. The number of hydrogen-bond acceptors (Lipinski definition) is 11. The minimum absolute atomic E-state index is 0.0180. The van der Waals surface area contributed by atoms with Crippen molar-refractivity contribution in [2.24, 2.45) is 0 Å². The summed E-state index contributed by atoms with van der Waals surface area (Å²) in [6, 6.07) is 0. The number of fused-ring (bicyclic) bond motifs is 1. The van der Waals surface area contributed by atoms with Crippen molar-refractivity contribution in [1.29, 1.82) is 0 Å². The molecule has 0 saturated carbocycles. The van der Waals surface area contributed by atoms with Gasteiger partial charge in [0.25, 0.3) is 0 Å². The number of anilines is 1. The van der Waals surface area contributed by atoms with E-state index in [1.807, 2.05) is 0 Å². The van der Waals surface area contributed by atoms with Gasteiger partial charge in [0.05, 0.1) is 12.9 Å². The van der Waals surface area contributed by atoms with Crippen molar-refractivity contribution in [3.05, 3.63) is 12.7 Å². The standard InChI is InChI=1S/C12H16F4N5O11P3/c13-11(14,34(26,27)28)33(24,25)12(15,16)35(29,30)31-1-4-6(22)7(23)10(32-4)21-3-20-5-8(17)18-2-19-9(5)21/h2-4,6-7,10,22-23H,1H2,(H,24,25)(H,29,30)(H2,17,18,19)(H2,26,27,28)/t4-,6-,7-,10+/m0/s1. The van der Waals surface area contributed by atoms with Crippen LogP contribution in [-0.4, -0.2) is 85.0 Å². The van der Waals surface area contributed by atoms with Crippen LogP contribution in [0, 0.1) is 0 Å². The molecule has 6 atom stereocenters. The smallest absolute Gasteiger partial charge is 0.387 e. The lowest BCUT2D eigenvalue weighted by atomic mass is 10.1. The molecule has 2 aromatic heterocycles. The molecule has 0 amide bonds. The molecule has 16 nitrogen and oxygen atoms in total. The van der Waals surface area contributed by atoms with Crippen LogP contribution >= 0.6 is 22.6 Å². The Morgan fingerprint density at radius 3 is 2.20 bits per heavy atom. The Kier molecular flexibility index (Phi) is 7.03. The second kappa shape index (κ2) is 8.78. The average Bonchev–Trinajstić information content (AvgIpc) is 3.28. The highest BCUT2D eigenvalue weighted by molar-refractivity contribution is 7.82. The van der Waals surface area contributed by atoms with E-state index in [9.17, 15) is 46.4 Å². The number of halogens is 4. The summed E-state index contributed by atoms with van der Waals surface area (Å²) < 4.78 is 100. The number of aliphatic hydroxyl groups is 2. The minimum Gasteiger partial charge on any atom is -0.387 e. The van der Waals surface area contributed by atoms with E-state index in [-0.39, 0.29) is 17.0 Å². The zero-order valence-electron chi connectivity index (χ0n) is 16.6. The number of nitrogens with two attached hydrogens (primary N) is 1. The normalized spacial score (nSPS) is 27.6. The zero-order valence-corrected chi connectivity index (χ0v) is 19.3. The van der Waals surface area contributed by atoms with E-state index in [0.29, 0.717) is 0 Å². The van der Waals surface area contributed by atoms with Crippen molar-refractivity contribution >= 4 is 39.5 Å². The van der Waals surface area contributed by atoms with Crippen molar-refractivity contribution in [2.75, 3.05) is 12.3 Å². The van der Waals surface area contributed by atoms with Crippen molar-refractivity contribution in [3.8, 4) is 0 Å². The van der Waals surface area contributed by atoms with Gasteiger partial charge in [-0.05, 0) is 0 Å². The topological polar surface area (TPSA) is 261 Å². The zero-order chi connectivity index (χ0) is 26.8. The number of hydrogen-bond donors (Lipinski definition) is 7. The van der Waals surface area contributed by atoms with Gasteiger partial charge in [0, 0.05) is 0 Å². The number of nitrogen functional groups attached to an aromatic ring is 1. The average molecular weight is 575 g/mol. The first-order valence-corrected chi connectivity index (χ1v) is 13.7. The van der Waals surface area contributed by atoms with Crippen LogP contribution in [0.3, 0.4) is 0 Å². The van der Waals surface area contributed by atoms with E-state index >= 15 is 0 Å². The Morgan fingerprint density at radius 1 is 1.03 bits per heavy atom. The van der Waals surface area contributed by atoms with Gasteiger partial charge in [-0.3, -0.25) is 18.3 Å². The van der Waals surface area contributed by atoms with Crippen LogP contribution in [0.15, 0.2) is 12.7 Å². The van der Waals surface area contributed by atoms with Gasteiger partial charge >= 0.3 is 33.4 Å². The molecule has 0 spiro atoms.